The number of phenols is 1. The molecular weight excluding hydrogens is 306 g/mol. The van der Waals surface area contributed by atoms with Crippen LogP contribution >= 0.6 is 0 Å². The molecule has 0 amide bonds. The van der Waals surface area contributed by atoms with Gasteiger partial charge in [0.05, 0.1) is 7.11 Å². The lowest BCUT2D eigenvalue weighted by Gasteiger charge is -2.15. The minimum atomic E-state index is -0.571. The molecule has 2 aromatic rings. The number of likely N-dealkylation sites (N-methyl/N-ethyl adjacent to an activating group) is 1. The second kappa shape index (κ2) is 9.15. The van der Waals surface area contributed by atoms with Crippen LogP contribution < -0.4 is 14.8 Å². The highest BCUT2D eigenvalue weighted by Crippen LogP contribution is 2.25. The zero-order valence-corrected chi connectivity index (χ0v) is 14.2. The molecule has 0 heterocycles. The first kappa shape index (κ1) is 18.1. The molecule has 0 aliphatic heterocycles. The molecule has 130 valence electrons. The van der Waals surface area contributed by atoms with E-state index in [9.17, 15) is 10.2 Å². The highest BCUT2D eigenvalue weighted by atomic mass is 16.5. The van der Waals surface area contributed by atoms with E-state index in [1.807, 2.05) is 24.3 Å². The number of rotatable bonds is 9. The lowest BCUT2D eigenvalue weighted by Crippen LogP contribution is -2.29. The number of methoxy groups -OCH3 is 1. The van der Waals surface area contributed by atoms with Crippen LogP contribution in [-0.4, -0.2) is 43.6 Å². The molecular formula is C19H25NO4. The zero-order chi connectivity index (χ0) is 17.4. The monoisotopic (exact) mass is 331 g/mol. The smallest absolute Gasteiger partial charge is 0.122 e. The summed E-state index contributed by atoms with van der Waals surface area (Å²) in [5.41, 5.74) is 2.10. The first-order valence-electron chi connectivity index (χ1n) is 8.02. The molecule has 24 heavy (non-hydrogen) atoms. The summed E-state index contributed by atoms with van der Waals surface area (Å²) in [6, 6.07) is 13.0. The van der Waals surface area contributed by atoms with Gasteiger partial charge < -0.3 is 25.0 Å². The highest BCUT2D eigenvalue weighted by Gasteiger charge is 2.09. The van der Waals surface area contributed by atoms with Gasteiger partial charge >= 0.3 is 0 Å². The molecule has 0 aliphatic rings. The van der Waals surface area contributed by atoms with E-state index in [1.165, 1.54) is 5.56 Å². The fourth-order valence-electron chi connectivity index (χ4n) is 2.45. The van der Waals surface area contributed by atoms with Gasteiger partial charge in [0.15, 0.2) is 0 Å². The number of aryl methyl sites for hydroxylation is 2. The summed E-state index contributed by atoms with van der Waals surface area (Å²) in [6.07, 6.45) is 0.986. The number of benzene rings is 2. The molecule has 1 atom stereocenters. The summed E-state index contributed by atoms with van der Waals surface area (Å²) < 4.78 is 10.9. The number of aliphatic hydroxyl groups is 1. The zero-order valence-electron chi connectivity index (χ0n) is 14.2. The molecule has 0 fully saturated rings. The topological polar surface area (TPSA) is 71.0 Å². The van der Waals surface area contributed by atoms with Crippen molar-refractivity contribution in [3.63, 3.8) is 0 Å². The first-order chi connectivity index (χ1) is 11.6. The van der Waals surface area contributed by atoms with Gasteiger partial charge in [-0.25, -0.2) is 0 Å². The van der Waals surface area contributed by atoms with Crippen molar-refractivity contribution < 1.29 is 19.7 Å². The number of aliphatic hydroxyl groups excluding tert-OH is 1. The number of ether oxygens (including phenoxy) is 2. The molecule has 3 N–H and O–H groups in total. The normalized spacial score (nSPS) is 12.0. The molecule has 0 radical (unpaired) electrons. The summed E-state index contributed by atoms with van der Waals surface area (Å²) >= 11 is 0. The van der Waals surface area contributed by atoms with E-state index in [1.54, 1.807) is 32.4 Å². The number of aromatic hydroxyl groups is 1. The maximum Gasteiger partial charge on any atom is 0.122 e. The van der Waals surface area contributed by atoms with Crippen molar-refractivity contribution in [1.82, 2.24) is 5.32 Å². The maximum absolute atomic E-state index is 9.76. The summed E-state index contributed by atoms with van der Waals surface area (Å²) in [4.78, 5) is 0. The van der Waals surface area contributed by atoms with Gasteiger partial charge in [0.1, 0.15) is 30.0 Å². The van der Waals surface area contributed by atoms with Gasteiger partial charge in [-0.3, -0.25) is 0 Å². The van der Waals surface area contributed by atoms with E-state index < -0.39 is 6.10 Å². The van der Waals surface area contributed by atoms with Crippen molar-refractivity contribution in [2.45, 2.75) is 18.9 Å². The van der Waals surface area contributed by atoms with Crippen molar-refractivity contribution in [2.24, 2.45) is 0 Å². The van der Waals surface area contributed by atoms with Crippen molar-refractivity contribution in [3.05, 3.63) is 53.6 Å². The Labute approximate surface area is 142 Å². The molecule has 0 unspecified atom stereocenters. The summed E-state index contributed by atoms with van der Waals surface area (Å²) in [7, 11) is 3.43. The lowest BCUT2D eigenvalue weighted by molar-refractivity contribution is 0.107. The van der Waals surface area contributed by atoms with Gasteiger partial charge in [-0.1, -0.05) is 12.1 Å². The summed E-state index contributed by atoms with van der Waals surface area (Å²) in [6.45, 7) is 0.681. The van der Waals surface area contributed by atoms with Crippen LogP contribution in [0.25, 0.3) is 0 Å². The quantitative estimate of drug-likeness (QED) is 0.657. The Kier molecular flexibility index (Phi) is 6.90. The molecule has 0 aliphatic carbocycles. The standard InChI is InChI=1S/C19H25NO4/c1-20-12-17(22)13-24-19-10-7-16(21)11-15(19)6-3-14-4-8-18(23-2)9-5-14/h4-5,7-11,17,20-22H,3,6,12-13H2,1-2H3/t17-/m1/s1. The Hall–Kier alpha value is -2.24. The summed E-state index contributed by atoms with van der Waals surface area (Å²) in [5, 5.41) is 22.4. The molecule has 2 aromatic carbocycles. The van der Waals surface area contributed by atoms with Crippen LogP contribution in [0.2, 0.25) is 0 Å². The van der Waals surface area contributed by atoms with Gasteiger partial charge in [0.25, 0.3) is 0 Å². The molecule has 5 nitrogen and oxygen atoms in total. The van der Waals surface area contributed by atoms with Crippen LogP contribution in [0.5, 0.6) is 17.2 Å². The number of nitrogens with one attached hydrogen (secondary N) is 1. The largest absolute Gasteiger partial charge is 0.508 e. The minimum absolute atomic E-state index is 0.209. The minimum Gasteiger partial charge on any atom is -0.508 e. The second-order valence-corrected chi connectivity index (χ2v) is 5.66. The SMILES string of the molecule is CNC[C@@H](O)COc1ccc(O)cc1CCc1ccc(OC)cc1. The van der Waals surface area contributed by atoms with E-state index in [4.69, 9.17) is 9.47 Å². The molecule has 0 aromatic heterocycles. The Morgan fingerprint density at radius 3 is 2.50 bits per heavy atom. The molecule has 2 rings (SSSR count). The Bertz CT molecular complexity index is 628. The van der Waals surface area contributed by atoms with E-state index in [2.05, 4.69) is 5.32 Å². The van der Waals surface area contributed by atoms with Crippen LogP contribution in [0, 0.1) is 0 Å². The van der Waals surface area contributed by atoms with Gasteiger partial charge in [-0.15, -0.1) is 0 Å². The van der Waals surface area contributed by atoms with Crippen LogP contribution in [0.1, 0.15) is 11.1 Å². The third-order valence-corrected chi connectivity index (χ3v) is 3.76. The van der Waals surface area contributed by atoms with E-state index in [-0.39, 0.29) is 12.4 Å². The first-order valence-corrected chi connectivity index (χ1v) is 8.02. The molecule has 5 heteroatoms. The third kappa shape index (κ3) is 5.44. The van der Waals surface area contributed by atoms with Crippen LogP contribution in [0.4, 0.5) is 0 Å². The van der Waals surface area contributed by atoms with Gasteiger partial charge in [0.2, 0.25) is 0 Å². The van der Waals surface area contributed by atoms with Crippen LogP contribution in [0.15, 0.2) is 42.5 Å². The average Bonchev–Trinajstić information content (AvgIpc) is 2.60. The number of hydrogen-bond acceptors (Lipinski definition) is 5. The van der Waals surface area contributed by atoms with Crippen LogP contribution in [-0.2, 0) is 12.8 Å². The second-order valence-electron chi connectivity index (χ2n) is 5.66. The van der Waals surface area contributed by atoms with Gasteiger partial charge in [0, 0.05) is 6.54 Å². The van der Waals surface area contributed by atoms with Crippen molar-refractivity contribution in [1.29, 1.82) is 0 Å². The average molecular weight is 331 g/mol. The third-order valence-electron chi connectivity index (χ3n) is 3.76. The number of hydrogen-bond donors (Lipinski definition) is 3. The Morgan fingerprint density at radius 1 is 1.08 bits per heavy atom. The van der Waals surface area contributed by atoms with E-state index in [0.717, 1.165) is 24.2 Å². The highest BCUT2D eigenvalue weighted by molar-refractivity contribution is 5.40. The molecule has 0 spiro atoms. The van der Waals surface area contributed by atoms with Crippen LogP contribution in [0.3, 0.4) is 0 Å². The summed E-state index contributed by atoms with van der Waals surface area (Å²) in [5.74, 6) is 1.73. The predicted octanol–water partition coefficient (Wildman–Crippen LogP) is 2.15. The Balaban J connectivity index is 2.00. The van der Waals surface area contributed by atoms with E-state index in [0.29, 0.717) is 12.3 Å². The Morgan fingerprint density at radius 2 is 1.83 bits per heavy atom. The number of phenolic OH excluding ortho intramolecular Hbond substituents is 1. The lowest BCUT2D eigenvalue weighted by atomic mass is 10.0. The fraction of sp³-hybridized carbons (Fsp3) is 0.368. The molecule has 0 saturated heterocycles. The van der Waals surface area contributed by atoms with E-state index >= 15 is 0 Å². The maximum atomic E-state index is 9.76. The predicted molar refractivity (Wildman–Crippen MR) is 93.9 cm³/mol. The van der Waals surface area contributed by atoms with Crippen molar-refractivity contribution >= 4 is 0 Å². The van der Waals surface area contributed by atoms with Gasteiger partial charge in [-0.2, -0.15) is 0 Å². The molecule has 0 bridgehead atoms. The van der Waals surface area contributed by atoms with Crippen molar-refractivity contribution in [2.75, 3.05) is 27.3 Å². The van der Waals surface area contributed by atoms with Crippen molar-refractivity contribution in [3.8, 4) is 17.2 Å². The van der Waals surface area contributed by atoms with Gasteiger partial charge in [-0.05, 0) is 61.3 Å². The fourth-order valence-corrected chi connectivity index (χ4v) is 2.45. The molecule has 0 saturated carbocycles.